The molecule has 0 atom stereocenters. The van der Waals surface area contributed by atoms with E-state index in [2.05, 4.69) is 223 Å². The van der Waals surface area contributed by atoms with Crippen LogP contribution in [0.2, 0.25) is 0 Å². The third-order valence-electron chi connectivity index (χ3n) is 12.9. The normalized spacial score (nSPS) is 12.9. The SMILES string of the molecule is Cc1ccc(N(c2ccc(C)cc2C)c2cccc3c2-c2ccccc2C32c3ccccc3-c3c(N(c4ccc(C)cc4C)c4ccc(C)cc4C)cccc32)c(C)c1. The summed E-state index contributed by atoms with van der Waals surface area (Å²) < 4.78 is 0. The Bertz CT molecular complexity index is 2690. The van der Waals surface area contributed by atoms with Gasteiger partial charge >= 0.3 is 0 Å². The molecule has 0 saturated carbocycles. The molecule has 1 spiro atoms. The van der Waals surface area contributed by atoms with Crippen molar-refractivity contribution in [3.8, 4) is 22.3 Å². The van der Waals surface area contributed by atoms with Crippen molar-refractivity contribution in [2.75, 3.05) is 9.80 Å². The number of benzene rings is 8. The maximum atomic E-state index is 2.53. The second kappa shape index (κ2) is 13.7. The highest BCUT2D eigenvalue weighted by molar-refractivity contribution is 6.04. The molecule has 10 rings (SSSR count). The van der Waals surface area contributed by atoms with Crippen LogP contribution in [0.15, 0.2) is 158 Å². The van der Waals surface area contributed by atoms with Gasteiger partial charge in [0.2, 0.25) is 0 Å². The van der Waals surface area contributed by atoms with Gasteiger partial charge in [-0.15, -0.1) is 0 Å². The molecule has 0 amide bonds. The summed E-state index contributed by atoms with van der Waals surface area (Å²) in [5, 5.41) is 0. The molecule has 2 heteroatoms. The van der Waals surface area contributed by atoms with Crippen LogP contribution in [0.4, 0.5) is 34.1 Å². The molecule has 0 unspecified atom stereocenters. The maximum Gasteiger partial charge on any atom is 0.0727 e. The molecule has 0 radical (unpaired) electrons. The molecule has 288 valence electrons. The third-order valence-corrected chi connectivity index (χ3v) is 12.9. The Morgan fingerprint density at radius 3 is 0.915 bits per heavy atom. The molecular weight excluding hydrogens is 713 g/mol. The molecule has 2 nitrogen and oxygen atoms in total. The maximum absolute atomic E-state index is 2.53. The van der Waals surface area contributed by atoms with Gasteiger partial charge in [-0.1, -0.05) is 144 Å². The van der Waals surface area contributed by atoms with Crippen molar-refractivity contribution in [2.24, 2.45) is 0 Å². The van der Waals surface area contributed by atoms with Gasteiger partial charge in [-0.05, 0) is 147 Å². The number of rotatable bonds is 6. The summed E-state index contributed by atoms with van der Waals surface area (Å²) in [6, 6.07) is 60.0. The molecule has 0 aromatic heterocycles. The number of fused-ring (bicyclic) bond motifs is 10. The molecular formula is C57H50N2. The van der Waals surface area contributed by atoms with Gasteiger partial charge in [0.15, 0.2) is 0 Å². The molecule has 0 N–H and O–H groups in total. The Morgan fingerprint density at radius 1 is 0.288 bits per heavy atom. The molecule has 0 aliphatic heterocycles. The lowest BCUT2D eigenvalue weighted by Gasteiger charge is -2.33. The number of aryl methyl sites for hydroxylation is 8. The largest absolute Gasteiger partial charge is 0.309 e. The van der Waals surface area contributed by atoms with E-state index in [4.69, 9.17) is 0 Å². The first-order valence-electron chi connectivity index (χ1n) is 20.9. The average Bonchev–Trinajstić information content (AvgIpc) is 3.69. The molecule has 0 heterocycles. The monoisotopic (exact) mass is 762 g/mol. The Labute approximate surface area is 350 Å². The highest BCUT2D eigenvalue weighted by Crippen LogP contribution is 2.66. The minimum atomic E-state index is -0.531. The highest BCUT2D eigenvalue weighted by Gasteiger charge is 2.53. The highest BCUT2D eigenvalue weighted by atomic mass is 15.2. The van der Waals surface area contributed by atoms with Gasteiger partial charge in [0, 0.05) is 33.9 Å². The fourth-order valence-corrected chi connectivity index (χ4v) is 10.6. The fourth-order valence-electron chi connectivity index (χ4n) is 10.6. The standard InChI is InChI=1S/C57H50N2/c1-35-23-27-49(39(5)31-35)58(50-28-24-36(2)32-40(50)6)53-21-13-19-47-55(53)43-15-9-11-17-45(43)57(47)46-18-12-10-16-44(46)56-48(57)20-14-22-54(56)59(51-29-25-37(3)33-41(51)7)52-30-26-38(4)34-42(52)8/h9-34H,1-8H3. The van der Waals surface area contributed by atoms with E-state index in [0.29, 0.717) is 0 Å². The van der Waals surface area contributed by atoms with Crippen LogP contribution in [0.1, 0.15) is 66.8 Å². The van der Waals surface area contributed by atoms with Gasteiger partial charge < -0.3 is 9.80 Å². The van der Waals surface area contributed by atoms with Gasteiger partial charge in [0.1, 0.15) is 0 Å². The molecule has 0 fully saturated rings. The van der Waals surface area contributed by atoms with Crippen LogP contribution in [0, 0.1) is 55.4 Å². The quantitative estimate of drug-likeness (QED) is 0.166. The summed E-state index contributed by atoms with van der Waals surface area (Å²) in [5.41, 5.74) is 27.2. The second-order valence-electron chi connectivity index (χ2n) is 17.1. The predicted molar refractivity (Wildman–Crippen MR) is 250 cm³/mol. The van der Waals surface area contributed by atoms with E-state index in [9.17, 15) is 0 Å². The minimum Gasteiger partial charge on any atom is -0.309 e. The number of hydrogen-bond acceptors (Lipinski definition) is 2. The first-order valence-corrected chi connectivity index (χ1v) is 20.9. The summed E-state index contributed by atoms with van der Waals surface area (Å²) in [6.45, 7) is 17.7. The Morgan fingerprint density at radius 2 is 0.593 bits per heavy atom. The van der Waals surface area contributed by atoms with Gasteiger partial charge in [-0.2, -0.15) is 0 Å². The Kier molecular flexibility index (Phi) is 8.54. The lowest BCUT2D eigenvalue weighted by molar-refractivity contribution is 0.793. The van der Waals surface area contributed by atoms with Gasteiger partial charge in [-0.25, -0.2) is 0 Å². The van der Waals surface area contributed by atoms with Crippen LogP contribution < -0.4 is 9.80 Å². The van der Waals surface area contributed by atoms with E-state index < -0.39 is 5.41 Å². The lowest BCUT2D eigenvalue weighted by atomic mass is 9.70. The zero-order valence-corrected chi connectivity index (χ0v) is 35.4. The fraction of sp³-hybridized carbons (Fsp3) is 0.158. The first-order chi connectivity index (χ1) is 28.6. The molecule has 8 aromatic rings. The lowest BCUT2D eigenvalue weighted by Crippen LogP contribution is -2.26. The summed E-state index contributed by atoms with van der Waals surface area (Å²) in [5.74, 6) is 0. The van der Waals surface area contributed by atoms with Gasteiger partial charge in [-0.3, -0.25) is 0 Å². The molecule has 0 saturated heterocycles. The van der Waals surface area contributed by atoms with Gasteiger partial charge in [0.25, 0.3) is 0 Å². The smallest absolute Gasteiger partial charge is 0.0727 e. The van der Waals surface area contributed by atoms with Crippen molar-refractivity contribution in [3.63, 3.8) is 0 Å². The summed E-state index contributed by atoms with van der Waals surface area (Å²) >= 11 is 0. The summed E-state index contributed by atoms with van der Waals surface area (Å²) in [6.07, 6.45) is 0. The third kappa shape index (κ3) is 5.46. The molecule has 59 heavy (non-hydrogen) atoms. The molecule has 2 aliphatic rings. The van der Waals surface area contributed by atoms with Gasteiger partial charge in [0.05, 0.1) is 16.8 Å². The minimum absolute atomic E-state index is 0.531. The first kappa shape index (κ1) is 36.7. The van der Waals surface area contributed by atoms with Crippen LogP contribution in [-0.4, -0.2) is 0 Å². The van der Waals surface area contributed by atoms with Crippen LogP contribution in [0.5, 0.6) is 0 Å². The van der Waals surface area contributed by atoms with Crippen molar-refractivity contribution < 1.29 is 0 Å². The second-order valence-corrected chi connectivity index (χ2v) is 17.1. The van der Waals surface area contributed by atoms with Crippen LogP contribution in [0.25, 0.3) is 22.3 Å². The zero-order chi connectivity index (χ0) is 40.7. The molecule has 2 aliphatic carbocycles. The Hall–Kier alpha value is -6.64. The van der Waals surface area contributed by atoms with Crippen molar-refractivity contribution >= 4 is 34.1 Å². The Balaban J connectivity index is 1.30. The average molecular weight is 763 g/mol. The number of anilines is 6. The van der Waals surface area contributed by atoms with E-state index in [1.165, 1.54) is 123 Å². The van der Waals surface area contributed by atoms with E-state index in [0.717, 1.165) is 0 Å². The predicted octanol–water partition coefficient (Wildman–Crippen LogP) is 15.4. The zero-order valence-electron chi connectivity index (χ0n) is 35.4. The number of nitrogens with zero attached hydrogens (tertiary/aromatic N) is 2. The van der Waals surface area contributed by atoms with E-state index in [1.54, 1.807) is 0 Å². The summed E-state index contributed by atoms with van der Waals surface area (Å²) in [4.78, 5) is 5.05. The van der Waals surface area contributed by atoms with Crippen LogP contribution >= 0.6 is 0 Å². The number of hydrogen-bond donors (Lipinski definition) is 0. The summed E-state index contributed by atoms with van der Waals surface area (Å²) in [7, 11) is 0. The van der Waals surface area contributed by atoms with Crippen molar-refractivity contribution in [1.82, 2.24) is 0 Å². The van der Waals surface area contributed by atoms with Crippen LogP contribution in [0.3, 0.4) is 0 Å². The topological polar surface area (TPSA) is 6.48 Å². The van der Waals surface area contributed by atoms with E-state index in [1.807, 2.05) is 0 Å². The molecule has 0 bridgehead atoms. The van der Waals surface area contributed by atoms with E-state index in [-0.39, 0.29) is 0 Å². The van der Waals surface area contributed by atoms with E-state index >= 15 is 0 Å². The van der Waals surface area contributed by atoms with Crippen molar-refractivity contribution in [3.05, 3.63) is 224 Å². The van der Waals surface area contributed by atoms with Crippen LogP contribution in [-0.2, 0) is 5.41 Å². The van der Waals surface area contributed by atoms with Crippen molar-refractivity contribution in [2.45, 2.75) is 60.8 Å². The van der Waals surface area contributed by atoms with Crippen molar-refractivity contribution in [1.29, 1.82) is 0 Å². The molecule has 8 aromatic carbocycles.